The molecule has 1 aromatic rings. The summed E-state index contributed by atoms with van der Waals surface area (Å²) in [6.45, 7) is 0.877. The highest BCUT2D eigenvalue weighted by molar-refractivity contribution is 6.05. The molecule has 1 unspecified atom stereocenters. The summed E-state index contributed by atoms with van der Waals surface area (Å²) in [4.78, 5) is 24.5. The third-order valence-electron chi connectivity index (χ3n) is 3.97. The molecule has 2 aliphatic rings. The summed E-state index contributed by atoms with van der Waals surface area (Å²) >= 11 is 0. The predicted molar refractivity (Wildman–Crippen MR) is 81.2 cm³/mol. The number of anilines is 1. The van der Waals surface area contributed by atoms with Crippen molar-refractivity contribution in [1.82, 2.24) is 10.6 Å². The molecule has 1 saturated heterocycles. The zero-order chi connectivity index (χ0) is 14.7. The standard InChI is InChI=1S/C16H21N3O2/c20-15(18-11-8-9-11)12-5-1-2-6-13(12)19-16(21)14-7-3-4-10-17-14/h1-2,5-6,11,14,17H,3-4,7-10H2,(H,18,20)(H,19,21). The first-order valence-corrected chi connectivity index (χ1v) is 7.68. The van der Waals surface area contributed by atoms with Crippen molar-refractivity contribution in [2.45, 2.75) is 44.2 Å². The molecular weight excluding hydrogens is 266 g/mol. The van der Waals surface area contributed by atoms with Gasteiger partial charge in [-0.15, -0.1) is 0 Å². The van der Waals surface area contributed by atoms with Crippen LogP contribution < -0.4 is 16.0 Å². The van der Waals surface area contributed by atoms with Gasteiger partial charge in [0.05, 0.1) is 17.3 Å². The van der Waals surface area contributed by atoms with E-state index in [1.165, 1.54) is 0 Å². The molecule has 1 saturated carbocycles. The van der Waals surface area contributed by atoms with Crippen molar-refractivity contribution in [3.8, 4) is 0 Å². The largest absolute Gasteiger partial charge is 0.349 e. The van der Waals surface area contributed by atoms with Gasteiger partial charge in [0.25, 0.3) is 5.91 Å². The molecule has 1 aliphatic carbocycles. The van der Waals surface area contributed by atoms with Gasteiger partial charge in [0.2, 0.25) is 5.91 Å². The number of amides is 2. The van der Waals surface area contributed by atoms with Gasteiger partial charge >= 0.3 is 0 Å². The molecule has 1 heterocycles. The maximum absolute atomic E-state index is 12.3. The van der Waals surface area contributed by atoms with Gasteiger partial charge in [-0.05, 0) is 44.4 Å². The van der Waals surface area contributed by atoms with E-state index in [0.29, 0.717) is 17.3 Å². The van der Waals surface area contributed by atoms with E-state index in [-0.39, 0.29) is 17.9 Å². The Morgan fingerprint density at radius 1 is 1.10 bits per heavy atom. The van der Waals surface area contributed by atoms with E-state index in [2.05, 4.69) is 16.0 Å². The minimum absolute atomic E-state index is 0.0543. The predicted octanol–water partition coefficient (Wildman–Crippen LogP) is 1.66. The van der Waals surface area contributed by atoms with Gasteiger partial charge in [-0.2, -0.15) is 0 Å². The number of piperidine rings is 1. The van der Waals surface area contributed by atoms with Crippen LogP contribution in [0.5, 0.6) is 0 Å². The fourth-order valence-electron chi connectivity index (χ4n) is 2.58. The monoisotopic (exact) mass is 287 g/mol. The Balaban J connectivity index is 1.68. The maximum atomic E-state index is 12.3. The van der Waals surface area contributed by atoms with Gasteiger partial charge in [0.15, 0.2) is 0 Å². The third kappa shape index (κ3) is 3.61. The van der Waals surface area contributed by atoms with Crippen molar-refractivity contribution in [2.24, 2.45) is 0 Å². The lowest BCUT2D eigenvalue weighted by molar-refractivity contribution is -0.118. The summed E-state index contributed by atoms with van der Waals surface area (Å²) in [6.07, 6.45) is 5.12. The molecule has 1 atom stereocenters. The first-order valence-electron chi connectivity index (χ1n) is 7.68. The third-order valence-corrected chi connectivity index (χ3v) is 3.97. The van der Waals surface area contributed by atoms with Gasteiger partial charge in [-0.3, -0.25) is 9.59 Å². The fraction of sp³-hybridized carbons (Fsp3) is 0.500. The van der Waals surface area contributed by atoms with Crippen LogP contribution >= 0.6 is 0 Å². The molecule has 3 N–H and O–H groups in total. The SMILES string of the molecule is O=C(NC1CC1)c1ccccc1NC(=O)C1CCCCN1. The van der Waals surface area contributed by atoms with Crippen molar-refractivity contribution >= 4 is 17.5 Å². The number of para-hydroxylation sites is 1. The number of benzene rings is 1. The van der Waals surface area contributed by atoms with Gasteiger partial charge in [0.1, 0.15) is 0 Å². The molecule has 3 rings (SSSR count). The maximum Gasteiger partial charge on any atom is 0.253 e. The molecule has 1 aliphatic heterocycles. The first-order chi connectivity index (χ1) is 10.2. The molecule has 0 bridgehead atoms. The Morgan fingerprint density at radius 2 is 1.90 bits per heavy atom. The summed E-state index contributed by atoms with van der Waals surface area (Å²) < 4.78 is 0. The number of hydrogen-bond acceptors (Lipinski definition) is 3. The minimum atomic E-state index is -0.154. The normalized spacial score (nSPS) is 21.6. The number of carbonyl (C=O) groups excluding carboxylic acids is 2. The highest BCUT2D eigenvalue weighted by atomic mass is 16.2. The average molecular weight is 287 g/mol. The van der Waals surface area contributed by atoms with Crippen LogP contribution in [-0.2, 0) is 4.79 Å². The van der Waals surface area contributed by atoms with E-state index in [1.54, 1.807) is 12.1 Å². The van der Waals surface area contributed by atoms with Crippen molar-refractivity contribution in [3.63, 3.8) is 0 Å². The lowest BCUT2D eigenvalue weighted by Gasteiger charge is -2.23. The first kappa shape index (κ1) is 14.1. The van der Waals surface area contributed by atoms with Crippen LogP contribution in [0.3, 0.4) is 0 Å². The second kappa shape index (κ2) is 6.26. The van der Waals surface area contributed by atoms with E-state index in [9.17, 15) is 9.59 Å². The lowest BCUT2D eigenvalue weighted by Crippen LogP contribution is -2.43. The van der Waals surface area contributed by atoms with Crippen LogP contribution in [0.1, 0.15) is 42.5 Å². The Labute approximate surface area is 124 Å². The molecule has 21 heavy (non-hydrogen) atoms. The molecule has 112 valence electrons. The second-order valence-electron chi connectivity index (χ2n) is 5.79. The van der Waals surface area contributed by atoms with Crippen LogP contribution in [0.4, 0.5) is 5.69 Å². The Hall–Kier alpha value is -1.88. The molecule has 0 spiro atoms. The van der Waals surface area contributed by atoms with E-state index >= 15 is 0 Å². The van der Waals surface area contributed by atoms with Crippen LogP contribution in [-0.4, -0.2) is 30.4 Å². The van der Waals surface area contributed by atoms with Crippen molar-refractivity contribution < 1.29 is 9.59 Å². The second-order valence-corrected chi connectivity index (χ2v) is 5.79. The molecule has 5 nitrogen and oxygen atoms in total. The minimum Gasteiger partial charge on any atom is -0.349 e. The summed E-state index contributed by atoms with van der Waals surface area (Å²) in [6, 6.07) is 7.33. The number of hydrogen-bond donors (Lipinski definition) is 3. The summed E-state index contributed by atoms with van der Waals surface area (Å²) in [5.74, 6) is -0.161. The Bertz CT molecular complexity index is 534. The van der Waals surface area contributed by atoms with Gasteiger partial charge in [-0.1, -0.05) is 18.6 Å². The quantitative estimate of drug-likeness (QED) is 0.789. The Kier molecular flexibility index (Phi) is 4.20. The van der Waals surface area contributed by atoms with Crippen molar-refractivity contribution in [1.29, 1.82) is 0 Å². The zero-order valence-corrected chi connectivity index (χ0v) is 12.0. The summed E-state index contributed by atoms with van der Waals surface area (Å²) in [7, 11) is 0. The molecular formula is C16H21N3O2. The van der Waals surface area contributed by atoms with Crippen molar-refractivity contribution in [3.05, 3.63) is 29.8 Å². The van der Waals surface area contributed by atoms with Crippen LogP contribution in [0, 0.1) is 0 Å². The van der Waals surface area contributed by atoms with Gasteiger partial charge in [-0.25, -0.2) is 0 Å². The summed E-state index contributed by atoms with van der Waals surface area (Å²) in [5, 5.41) is 9.07. The molecule has 2 amide bonds. The van der Waals surface area contributed by atoms with Crippen LogP contribution in [0.25, 0.3) is 0 Å². The zero-order valence-electron chi connectivity index (χ0n) is 12.0. The smallest absolute Gasteiger partial charge is 0.253 e. The Morgan fingerprint density at radius 3 is 2.62 bits per heavy atom. The molecule has 5 heteroatoms. The van der Waals surface area contributed by atoms with E-state index in [1.807, 2.05) is 12.1 Å². The molecule has 1 aromatic carbocycles. The van der Waals surface area contributed by atoms with Crippen molar-refractivity contribution in [2.75, 3.05) is 11.9 Å². The van der Waals surface area contributed by atoms with Crippen LogP contribution in [0.15, 0.2) is 24.3 Å². The number of carbonyl (C=O) groups is 2. The highest BCUT2D eigenvalue weighted by Crippen LogP contribution is 2.22. The molecule has 2 fully saturated rings. The lowest BCUT2D eigenvalue weighted by atomic mass is 10.0. The van der Waals surface area contributed by atoms with Gasteiger partial charge in [0, 0.05) is 6.04 Å². The average Bonchev–Trinajstić information content (AvgIpc) is 3.32. The molecule has 0 aromatic heterocycles. The topological polar surface area (TPSA) is 70.2 Å². The van der Waals surface area contributed by atoms with E-state index in [4.69, 9.17) is 0 Å². The number of rotatable bonds is 4. The fourth-order valence-corrected chi connectivity index (χ4v) is 2.58. The van der Waals surface area contributed by atoms with Gasteiger partial charge < -0.3 is 16.0 Å². The number of nitrogens with one attached hydrogen (secondary N) is 3. The van der Waals surface area contributed by atoms with E-state index < -0.39 is 0 Å². The molecule has 0 radical (unpaired) electrons. The van der Waals surface area contributed by atoms with E-state index in [0.717, 1.165) is 38.6 Å². The summed E-state index contributed by atoms with van der Waals surface area (Å²) in [5.41, 5.74) is 1.13. The van der Waals surface area contributed by atoms with Crippen LogP contribution in [0.2, 0.25) is 0 Å². The highest BCUT2D eigenvalue weighted by Gasteiger charge is 2.26.